The predicted molar refractivity (Wildman–Crippen MR) is 58.8 cm³/mol. The molecule has 0 heterocycles. The summed E-state index contributed by atoms with van der Waals surface area (Å²) in [5, 5.41) is 1.83. The molecule has 1 atom stereocenters. The first-order valence-electron chi connectivity index (χ1n) is 4.78. The van der Waals surface area contributed by atoms with Gasteiger partial charge in [-0.05, 0) is 6.42 Å². The van der Waals surface area contributed by atoms with Crippen molar-refractivity contribution in [1.29, 1.82) is 0 Å². The van der Waals surface area contributed by atoms with Crippen LogP contribution in [0.1, 0.15) is 26.2 Å². The standard InChI is InChI=1S/C9H17NO4S/c1-3-4-5-14-9(12)10-7(15)6-8(11)13-2/h7,15H,3-6H2,1-2H3,(H,10,12). The van der Waals surface area contributed by atoms with Crippen LogP contribution in [0.25, 0.3) is 0 Å². The van der Waals surface area contributed by atoms with Gasteiger partial charge in [0.15, 0.2) is 0 Å². The fourth-order valence-electron chi connectivity index (χ4n) is 0.779. The van der Waals surface area contributed by atoms with Gasteiger partial charge < -0.3 is 14.8 Å². The quantitative estimate of drug-likeness (QED) is 0.315. The first kappa shape index (κ1) is 14.1. The van der Waals surface area contributed by atoms with Gasteiger partial charge in [0.1, 0.15) is 0 Å². The van der Waals surface area contributed by atoms with Gasteiger partial charge in [0, 0.05) is 0 Å². The number of nitrogens with one attached hydrogen (secondary N) is 1. The third-order valence-electron chi connectivity index (χ3n) is 1.60. The van der Waals surface area contributed by atoms with Crippen LogP contribution in [0, 0.1) is 0 Å². The normalized spacial score (nSPS) is 11.7. The summed E-state index contributed by atoms with van der Waals surface area (Å²) in [4.78, 5) is 21.9. The summed E-state index contributed by atoms with van der Waals surface area (Å²) in [5.41, 5.74) is 0. The summed E-state index contributed by atoms with van der Waals surface area (Å²) in [6.45, 7) is 2.38. The average Bonchev–Trinajstić information content (AvgIpc) is 2.17. The van der Waals surface area contributed by atoms with Gasteiger partial charge in [0.2, 0.25) is 0 Å². The van der Waals surface area contributed by atoms with E-state index < -0.39 is 17.4 Å². The molecule has 0 radical (unpaired) electrons. The lowest BCUT2D eigenvalue weighted by atomic mass is 10.4. The molecule has 88 valence electrons. The summed E-state index contributed by atoms with van der Waals surface area (Å²) in [6, 6.07) is 0. The van der Waals surface area contributed by atoms with Crippen molar-refractivity contribution in [2.75, 3.05) is 13.7 Å². The zero-order valence-corrected chi connectivity index (χ0v) is 9.88. The van der Waals surface area contributed by atoms with Gasteiger partial charge in [0.25, 0.3) is 0 Å². The smallest absolute Gasteiger partial charge is 0.408 e. The highest BCUT2D eigenvalue weighted by molar-refractivity contribution is 7.80. The molecule has 1 amide bonds. The lowest BCUT2D eigenvalue weighted by molar-refractivity contribution is -0.140. The minimum absolute atomic E-state index is 0.0164. The molecular formula is C9H17NO4S. The number of ether oxygens (including phenoxy) is 2. The molecule has 1 unspecified atom stereocenters. The maximum absolute atomic E-state index is 11.1. The summed E-state index contributed by atoms with van der Waals surface area (Å²) in [6.07, 6.45) is 1.23. The van der Waals surface area contributed by atoms with Crippen LogP contribution in [0.15, 0.2) is 0 Å². The predicted octanol–water partition coefficient (Wildman–Crippen LogP) is 1.33. The van der Waals surface area contributed by atoms with E-state index in [9.17, 15) is 9.59 Å². The molecule has 15 heavy (non-hydrogen) atoms. The molecule has 0 aromatic heterocycles. The van der Waals surface area contributed by atoms with Gasteiger partial charge in [-0.1, -0.05) is 13.3 Å². The van der Waals surface area contributed by atoms with Gasteiger partial charge >= 0.3 is 12.1 Å². The van der Waals surface area contributed by atoms with Gasteiger partial charge in [-0.3, -0.25) is 4.79 Å². The van der Waals surface area contributed by atoms with Crippen molar-refractivity contribution in [1.82, 2.24) is 5.32 Å². The van der Waals surface area contributed by atoms with Crippen LogP contribution in [0.3, 0.4) is 0 Å². The first-order valence-corrected chi connectivity index (χ1v) is 5.30. The molecule has 0 saturated heterocycles. The van der Waals surface area contributed by atoms with Gasteiger partial charge in [-0.25, -0.2) is 4.79 Å². The summed E-state index contributed by atoms with van der Waals surface area (Å²) in [5.74, 6) is -0.427. The zero-order valence-electron chi connectivity index (χ0n) is 8.99. The second-order valence-electron chi connectivity index (χ2n) is 2.93. The Morgan fingerprint density at radius 2 is 2.13 bits per heavy atom. The number of unbranched alkanes of at least 4 members (excludes halogenated alkanes) is 1. The largest absolute Gasteiger partial charge is 0.469 e. The Kier molecular flexibility index (Phi) is 7.89. The van der Waals surface area contributed by atoms with E-state index in [1.807, 2.05) is 6.92 Å². The van der Waals surface area contributed by atoms with Crippen LogP contribution in [0.5, 0.6) is 0 Å². The summed E-state index contributed by atoms with van der Waals surface area (Å²) in [7, 11) is 1.28. The van der Waals surface area contributed by atoms with E-state index >= 15 is 0 Å². The number of methoxy groups -OCH3 is 1. The Balaban J connectivity index is 3.62. The molecule has 0 saturated carbocycles. The molecule has 1 N–H and O–H groups in total. The maximum Gasteiger partial charge on any atom is 0.408 e. The van der Waals surface area contributed by atoms with Crippen molar-refractivity contribution >= 4 is 24.7 Å². The van der Waals surface area contributed by atoms with Gasteiger partial charge in [0.05, 0.1) is 25.5 Å². The molecule has 0 spiro atoms. The van der Waals surface area contributed by atoms with Crippen LogP contribution < -0.4 is 5.32 Å². The summed E-state index contributed by atoms with van der Waals surface area (Å²) < 4.78 is 9.24. The van der Waals surface area contributed by atoms with E-state index in [1.54, 1.807) is 0 Å². The molecule has 0 rings (SSSR count). The highest BCUT2D eigenvalue weighted by Crippen LogP contribution is 1.99. The Morgan fingerprint density at radius 3 is 2.67 bits per heavy atom. The lowest BCUT2D eigenvalue weighted by Crippen LogP contribution is -2.33. The Labute approximate surface area is 94.9 Å². The number of amides is 1. The van der Waals surface area contributed by atoms with E-state index in [-0.39, 0.29) is 6.42 Å². The summed E-state index contributed by atoms with van der Waals surface area (Å²) >= 11 is 3.99. The second kappa shape index (κ2) is 8.40. The molecule has 6 heteroatoms. The van der Waals surface area contributed by atoms with Crippen molar-refractivity contribution < 1.29 is 19.1 Å². The average molecular weight is 235 g/mol. The fraction of sp³-hybridized carbons (Fsp3) is 0.778. The van der Waals surface area contributed by atoms with E-state index in [1.165, 1.54) is 7.11 Å². The highest BCUT2D eigenvalue weighted by atomic mass is 32.1. The first-order chi connectivity index (χ1) is 7.10. The number of thiol groups is 1. The van der Waals surface area contributed by atoms with Crippen LogP contribution in [0.4, 0.5) is 4.79 Å². The SMILES string of the molecule is CCCCOC(=O)NC(S)CC(=O)OC. The van der Waals surface area contributed by atoms with Crippen molar-refractivity contribution in [3.63, 3.8) is 0 Å². The Hall–Kier alpha value is -0.910. The molecule has 5 nitrogen and oxygen atoms in total. The van der Waals surface area contributed by atoms with Crippen molar-refractivity contribution in [2.45, 2.75) is 31.6 Å². The van der Waals surface area contributed by atoms with Crippen LogP contribution in [-0.2, 0) is 14.3 Å². The second-order valence-corrected chi connectivity index (χ2v) is 3.55. The topological polar surface area (TPSA) is 64.6 Å². The van der Waals surface area contributed by atoms with Crippen LogP contribution in [0.2, 0.25) is 0 Å². The zero-order chi connectivity index (χ0) is 11.7. The molecule has 0 aliphatic carbocycles. The van der Waals surface area contributed by atoms with Crippen molar-refractivity contribution in [3.05, 3.63) is 0 Å². The number of alkyl carbamates (subject to hydrolysis) is 1. The molecule has 0 aliphatic rings. The molecule has 0 bridgehead atoms. The van der Waals surface area contributed by atoms with Crippen molar-refractivity contribution in [2.24, 2.45) is 0 Å². The third kappa shape index (κ3) is 8.11. The van der Waals surface area contributed by atoms with Gasteiger partial charge in [-0.15, -0.1) is 0 Å². The van der Waals surface area contributed by atoms with Crippen LogP contribution in [-0.4, -0.2) is 31.2 Å². The third-order valence-corrected chi connectivity index (χ3v) is 1.91. The number of hydrogen-bond donors (Lipinski definition) is 2. The number of rotatable bonds is 6. The minimum atomic E-state index is -0.577. The number of esters is 1. The monoisotopic (exact) mass is 235 g/mol. The Morgan fingerprint density at radius 1 is 1.47 bits per heavy atom. The van der Waals surface area contributed by atoms with Crippen LogP contribution >= 0.6 is 12.6 Å². The maximum atomic E-state index is 11.1. The molecule has 0 fully saturated rings. The molecule has 0 aromatic carbocycles. The van der Waals surface area contributed by atoms with Gasteiger partial charge in [-0.2, -0.15) is 12.6 Å². The highest BCUT2D eigenvalue weighted by Gasteiger charge is 2.13. The minimum Gasteiger partial charge on any atom is -0.469 e. The molecular weight excluding hydrogens is 218 g/mol. The number of carbonyl (C=O) groups is 2. The lowest BCUT2D eigenvalue weighted by Gasteiger charge is -2.11. The molecule has 0 aliphatic heterocycles. The number of hydrogen-bond acceptors (Lipinski definition) is 5. The fourth-order valence-corrected chi connectivity index (χ4v) is 1.03. The van der Waals surface area contributed by atoms with Crippen molar-refractivity contribution in [3.8, 4) is 0 Å². The van der Waals surface area contributed by atoms with E-state index in [0.29, 0.717) is 6.61 Å². The van der Waals surface area contributed by atoms with E-state index in [2.05, 4.69) is 22.7 Å². The van der Waals surface area contributed by atoms with E-state index in [4.69, 9.17) is 4.74 Å². The Bertz CT molecular complexity index is 210. The molecule has 0 aromatic rings. The van der Waals surface area contributed by atoms with E-state index in [0.717, 1.165) is 12.8 Å². The number of carbonyl (C=O) groups excluding carboxylic acids is 2.